The Balaban J connectivity index is 4.53. The van der Waals surface area contributed by atoms with E-state index in [9.17, 15) is 14.4 Å². The van der Waals surface area contributed by atoms with Gasteiger partial charge in [-0.3, -0.25) is 14.4 Å². The van der Waals surface area contributed by atoms with Crippen LogP contribution in [0, 0.1) is 0 Å². The number of esters is 3. The number of hydrogen-bond acceptors (Lipinski definition) is 6. The number of ether oxygens (including phenoxy) is 3. The monoisotopic (exact) mass is 901 g/mol. The molecule has 1 atom stereocenters. The summed E-state index contributed by atoms with van der Waals surface area (Å²) in [4.78, 5) is 38.0. The highest BCUT2D eigenvalue weighted by Gasteiger charge is 2.19. The van der Waals surface area contributed by atoms with Gasteiger partial charge in [-0.25, -0.2) is 0 Å². The Morgan fingerprint density at radius 2 is 0.631 bits per heavy atom. The predicted molar refractivity (Wildman–Crippen MR) is 279 cm³/mol. The molecule has 0 bridgehead atoms. The summed E-state index contributed by atoms with van der Waals surface area (Å²) < 4.78 is 16.7. The Kier molecular flexibility index (Phi) is 49.5. The molecule has 0 rings (SSSR count). The van der Waals surface area contributed by atoms with E-state index in [-0.39, 0.29) is 31.6 Å². The van der Waals surface area contributed by atoms with Gasteiger partial charge in [0, 0.05) is 19.3 Å². The lowest BCUT2D eigenvalue weighted by Crippen LogP contribution is -2.30. The highest BCUT2D eigenvalue weighted by atomic mass is 16.6. The molecule has 6 heteroatoms. The van der Waals surface area contributed by atoms with E-state index in [0.29, 0.717) is 19.3 Å². The molecule has 0 aliphatic carbocycles. The molecule has 65 heavy (non-hydrogen) atoms. The van der Waals surface area contributed by atoms with Crippen molar-refractivity contribution in [2.24, 2.45) is 0 Å². The van der Waals surface area contributed by atoms with Gasteiger partial charge in [-0.15, -0.1) is 0 Å². The minimum atomic E-state index is -0.830. The van der Waals surface area contributed by atoms with E-state index < -0.39 is 12.1 Å². The van der Waals surface area contributed by atoms with Crippen LogP contribution in [0.5, 0.6) is 0 Å². The molecule has 0 aromatic rings. The zero-order chi connectivity index (χ0) is 47.2. The van der Waals surface area contributed by atoms with Crippen molar-refractivity contribution in [3.8, 4) is 0 Å². The molecule has 0 N–H and O–H groups in total. The molecular formula is C59H96O6. The molecule has 0 aliphatic rings. The quantitative estimate of drug-likeness (QED) is 0.0262. The number of unbranched alkanes of at least 4 members (excludes halogenated alkanes) is 17. The van der Waals surface area contributed by atoms with Crippen LogP contribution in [0.25, 0.3) is 0 Å². The van der Waals surface area contributed by atoms with E-state index in [1.807, 2.05) is 12.2 Å². The SMILES string of the molecule is CC/C=C\C/C=C\C/C=C\C/C=C\C/C=C\CCC(=O)OC(COC(=O)CCCCCC/C=C\C/C=C\C/C=C\CC)COC(=O)CCCCCCCCC/C=C\CCCCCCCC. The summed E-state index contributed by atoms with van der Waals surface area (Å²) in [6, 6.07) is 0. The van der Waals surface area contributed by atoms with Crippen LogP contribution < -0.4 is 0 Å². The number of hydrogen-bond donors (Lipinski definition) is 0. The summed E-state index contributed by atoms with van der Waals surface area (Å²) in [5, 5.41) is 0. The molecule has 0 spiro atoms. The van der Waals surface area contributed by atoms with E-state index in [2.05, 4.69) is 118 Å². The maximum Gasteiger partial charge on any atom is 0.306 e. The largest absolute Gasteiger partial charge is 0.462 e. The zero-order valence-corrected chi connectivity index (χ0v) is 42.0. The second-order valence-electron chi connectivity index (χ2n) is 17.0. The minimum absolute atomic E-state index is 0.119. The second-order valence-corrected chi connectivity index (χ2v) is 17.0. The first-order valence-electron chi connectivity index (χ1n) is 26.4. The van der Waals surface area contributed by atoms with Crippen LogP contribution in [0.2, 0.25) is 0 Å². The molecule has 368 valence electrons. The van der Waals surface area contributed by atoms with E-state index in [1.165, 1.54) is 77.0 Å². The van der Waals surface area contributed by atoms with E-state index >= 15 is 0 Å². The molecule has 6 nitrogen and oxygen atoms in total. The molecule has 0 saturated heterocycles. The Morgan fingerprint density at radius 1 is 0.323 bits per heavy atom. The lowest BCUT2D eigenvalue weighted by atomic mass is 10.1. The Bertz CT molecular complexity index is 1360. The fourth-order valence-corrected chi connectivity index (χ4v) is 6.85. The molecule has 0 saturated carbocycles. The topological polar surface area (TPSA) is 78.9 Å². The van der Waals surface area contributed by atoms with Gasteiger partial charge in [0.2, 0.25) is 0 Å². The van der Waals surface area contributed by atoms with Crippen molar-refractivity contribution >= 4 is 17.9 Å². The third kappa shape index (κ3) is 50.9. The first kappa shape index (κ1) is 61.1. The Morgan fingerprint density at radius 3 is 1.02 bits per heavy atom. The summed E-state index contributed by atoms with van der Waals surface area (Å²) in [5.74, 6) is -1.03. The van der Waals surface area contributed by atoms with Gasteiger partial charge in [0.15, 0.2) is 6.10 Å². The fraction of sp³-hybridized carbons (Fsp3) is 0.644. The predicted octanol–water partition coefficient (Wildman–Crippen LogP) is 17.5. The number of carbonyl (C=O) groups is 3. The first-order chi connectivity index (χ1) is 32.0. The molecule has 0 aromatic heterocycles. The zero-order valence-electron chi connectivity index (χ0n) is 42.0. The van der Waals surface area contributed by atoms with Gasteiger partial charge in [-0.1, -0.05) is 207 Å². The standard InChI is InChI=1S/C59H96O6/c1-4-7-10-13-16-19-22-25-28-30-32-34-37-40-43-46-49-52-58(61)64-55-56(54-63-57(60)51-48-45-42-39-36-33-27-24-21-18-15-12-9-6-3)65-59(62)53-50-47-44-41-38-35-31-29-26-23-20-17-14-11-8-5-2/h8-9,11-12,17-18,20-21,25-29,33,35,38,44,47,56H,4-7,10,13-16,19,22-24,30-32,34,36-37,39-43,45-46,48-55H2,1-3H3/b11-8-,12-9-,20-17-,21-18-,28-25-,29-26-,33-27-,38-35-,47-44-. The summed E-state index contributed by atoms with van der Waals surface area (Å²) >= 11 is 0. The highest BCUT2D eigenvalue weighted by Crippen LogP contribution is 2.13. The molecule has 0 aliphatic heterocycles. The maximum atomic E-state index is 12.8. The van der Waals surface area contributed by atoms with Crippen LogP contribution >= 0.6 is 0 Å². The highest BCUT2D eigenvalue weighted by molar-refractivity contribution is 5.71. The maximum absolute atomic E-state index is 12.8. The molecule has 1 unspecified atom stereocenters. The number of carbonyl (C=O) groups excluding carboxylic acids is 3. The van der Waals surface area contributed by atoms with Gasteiger partial charge in [-0.2, -0.15) is 0 Å². The third-order valence-corrected chi connectivity index (χ3v) is 10.8. The van der Waals surface area contributed by atoms with Gasteiger partial charge in [-0.05, 0) is 109 Å². The van der Waals surface area contributed by atoms with Crippen molar-refractivity contribution in [3.05, 3.63) is 109 Å². The molecule has 0 fully saturated rings. The van der Waals surface area contributed by atoms with Gasteiger partial charge in [0.25, 0.3) is 0 Å². The molecule has 0 amide bonds. The van der Waals surface area contributed by atoms with Crippen LogP contribution in [0.4, 0.5) is 0 Å². The van der Waals surface area contributed by atoms with Crippen molar-refractivity contribution in [2.45, 2.75) is 232 Å². The van der Waals surface area contributed by atoms with Crippen LogP contribution in [0.15, 0.2) is 109 Å². The van der Waals surface area contributed by atoms with E-state index in [4.69, 9.17) is 14.2 Å². The van der Waals surface area contributed by atoms with Crippen molar-refractivity contribution in [2.75, 3.05) is 13.2 Å². The van der Waals surface area contributed by atoms with Gasteiger partial charge in [0.1, 0.15) is 13.2 Å². The average molecular weight is 901 g/mol. The molecule has 0 aromatic carbocycles. The lowest BCUT2D eigenvalue weighted by Gasteiger charge is -2.18. The first-order valence-corrected chi connectivity index (χ1v) is 26.4. The van der Waals surface area contributed by atoms with Crippen molar-refractivity contribution < 1.29 is 28.6 Å². The van der Waals surface area contributed by atoms with E-state index in [1.54, 1.807) is 0 Å². The van der Waals surface area contributed by atoms with Gasteiger partial charge >= 0.3 is 17.9 Å². The summed E-state index contributed by atoms with van der Waals surface area (Å²) in [7, 11) is 0. The summed E-state index contributed by atoms with van der Waals surface area (Å²) in [6.07, 6.45) is 70.9. The molecular weight excluding hydrogens is 805 g/mol. The van der Waals surface area contributed by atoms with Crippen LogP contribution in [-0.2, 0) is 28.6 Å². The Hall–Kier alpha value is -3.93. The molecule has 0 heterocycles. The fourth-order valence-electron chi connectivity index (χ4n) is 6.85. The number of rotatable bonds is 46. The van der Waals surface area contributed by atoms with Crippen LogP contribution in [0.3, 0.4) is 0 Å². The second kappa shape index (κ2) is 52.7. The van der Waals surface area contributed by atoms with Crippen molar-refractivity contribution in [1.82, 2.24) is 0 Å². The van der Waals surface area contributed by atoms with Crippen LogP contribution in [0.1, 0.15) is 226 Å². The normalized spacial score (nSPS) is 13.0. The molecule has 0 radical (unpaired) electrons. The van der Waals surface area contributed by atoms with E-state index in [0.717, 1.165) is 103 Å². The minimum Gasteiger partial charge on any atom is -0.462 e. The summed E-state index contributed by atoms with van der Waals surface area (Å²) in [5.41, 5.74) is 0. The van der Waals surface area contributed by atoms with Crippen LogP contribution in [-0.4, -0.2) is 37.2 Å². The lowest BCUT2D eigenvalue weighted by molar-refractivity contribution is -0.166. The summed E-state index contributed by atoms with van der Waals surface area (Å²) in [6.45, 7) is 6.31. The third-order valence-electron chi connectivity index (χ3n) is 10.8. The smallest absolute Gasteiger partial charge is 0.306 e. The number of allylic oxidation sites excluding steroid dienone is 18. The van der Waals surface area contributed by atoms with Gasteiger partial charge < -0.3 is 14.2 Å². The Labute approximate surface area is 400 Å². The van der Waals surface area contributed by atoms with Crippen molar-refractivity contribution in [1.29, 1.82) is 0 Å². The van der Waals surface area contributed by atoms with Crippen molar-refractivity contribution in [3.63, 3.8) is 0 Å². The van der Waals surface area contributed by atoms with Gasteiger partial charge in [0.05, 0.1) is 0 Å². The average Bonchev–Trinajstić information content (AvgIpc) is 3.30.